The second-order valence-corrected chi connectivity index (χ2v) is 16.2. The number of aromatic nitrogens is 1. The molecule has 2 aliphatic rings. The molecule has 1 unspecified atom stereocenters. The zero-order chi connectivity index (χ0) is 42.4. The summed E-state index contributed by atoms with van der Waals surface area (Å²) >= 11 is 6.77. The number of carbonyl (C=O) groups excluding carboxylic acids is 1. The SMILES string of the molecule is Cc1c(COc2cc(OCc3cncc(C#N)c3)c(CNC(C)(CO)C(=O)O)cc2Cl)cccc1-c1cccc(-c2ccc(OCCN3CC4(CCC(=O)N4)C3)cc2)c1C. The average Bonchev–Trinajstić information content (AvgIpc) is 3.64. The van der Waals surface area contributed by atoms with Gasteiger partial charge in [0.2, 0.25) is 5.91 Å². The maximum Gasteiger partial charge on any atom is 0.326 e. The normalized spacial score (nSPS) is 15.4. The quantitative estimate of drug-likeness (QED) is 0.0764. The number of rotatable bonds is 17. The predicted octanol–water partition coefficient (Wildman–Crippen LogP) is 6.98. The topological polar surface area (TPSA) is 166 Å². The van der Waals surface area contributed by atoms with Gasteiger partial charge in [-0.05, 0) is 90.4 Å². The number of carboxylic acids is 1. The van der Waals surface area contributed by atoms with Crippen LogP contribution in [0.25, 0.3) is 22.3 Å². The van der Waals surface area contributed by atoms with Crippen LogP contribution < -0.4 is 24.8 Å². The Morgan fingerprint density at radius 3 is 2.37 bits per heavy atom. The third-order valence-corrected chi connectivity index (χ3v) is 11.8. The summed E-state index contributed by atoms with van der Waals surface area (Å²) in [6, 6.07) is 27.7. The summed E-state index contributed by atoms with van der Waals surface area (Å²) in [4.78, 5) is 29.9. The molecule has 1 atom stereocenters. The van der Waals surface area contributed by atoms with E-state index in [-0.39, 0.29) is 31.2 Å². The molecule has 3 heterocycles. The van der Waals surface area contributed by atoms with Gasteiger partial charge in [0.05, 0.1) is 22.7 Å². The van der Waals surface area contributed by atoms with Crippen LogP contribution in [0.2, 0.25) is 5.02 Å². The number of halogens is 1. The minimum atomic E-state index is -1.60. The third-order valence-electron chi connectivity index (χ3n) is 11.5. The molecule has 1 spiro atoms. The molecular weight excluding hydrogens is 782 g/mol. The summed E-state index contributed by atoms with van der Waals surface area (Å²) in [5.41, 5.74) is 7.54. The molecule has 0 radical (unpaired) electrons. The van der Waals surface area contributed by atoms with Gasteiger partial charge in [0, 0.05) is 62.2 Å². The Bertz CT molecular complexity index is 2430. The van der Waals surface area contributed by atoms with Crippen molar-refractivity contribution in [2.45, 2.75) is 64.4 Å². The Morgan fingerprint density at radius 1 is 0.950 bits per heavy atom. The van der Waals surface area contributed by atoms with Crippen molar-refractivity contribution in [1.82, 2.24) is 20.5 Å². The van der Waals surface area contributed by atoms with Gasteiger partial charge >= 0.3 is 5.97 Å². The zero-order valence-electron chi connectivity index (χ0n) is 33.9. The van der Waals surface area contributed by atoms with E-state index >= 15 is 0 Å². The van der Waals surface area contributed by atoms with Crippen molar-refractivity contribution in [2.75, 3.05) is 32.8 Å². The number of amides is 1. The molecule has 0 bridgehead atoms. The average molecular weight is 830 g/mol. The van der Waals surface area contributed by atoms with Crippen LogP contribution in [0.1, 0.15) is 53.1 Å². The summed E-state index contributed by atoms with van der Waals surface area (Å²) in [5, 5.41) is 35.1. The van der Waals surface area contributed by atoms with Crippen molar-refractivity contribution in [1.29, 1.82) is 5.26 Å². The number of ether oxygens (including phenoxy) is 3. The van der Waals surface area contributed by atoms with Gasteiger partial charge in [-0.3, -0.25) is 24.8 Å². The van der Waals surface area contributed by atoms with E-state index in [1.54, 1.807) is 24.4 Å². The molecule has 2 saturated heterocycles. The first-order chi connectivity index (χ1) is 28.9. The summed E-state index contributed by atoms with van der Waals surface area (Å²) in [6.07, 6.45) is 4.61. The molecule has 60 heavy (non-hydrogen) atoms. The maximum atomic E-state index is 11.9. The van der Waals surface area contributed by atoms with Gasteiger partial charge in [-0.15, -0.1) is 0 Å². The molecular formula is C47H48ClN5O7. The largest absolute Gasteiger partial charge is 0.492 e. The van der Waals surface area contributed by atoms with Gasteiger partial charge in [-0.2, -0.15) is 5.26 Å². The van der Waals surface area contributed by atoms with Crippen LogP contribution in [-0.4, -0.2) is 75.9 Å². The number of nitrogens with one attached hydrogen (secondary N) is 2. The van der Waals surface area contributed by atoms with Gasteiger partial charge < -0.3 is 29.7 Å². The monoisotopic (exact) mass is 829 g/mol. The fourth-order valence-corrected chi connectivity index (χ4v) is 8.01. The van der Waals surface area contributed by atoms with E-state index in [1.165, 1.54) is 13.1 Å². The van der Waals surface area contributed by atoms with E-state index in [4.69, 9.17) is 25.8 Å². The molecule has 13 heteroatoms. The zero-order valence-corrected chi connectivity index (χ0v) is 34.6. The number of carboxylic acid groups (broad SMARTS) is 1. The summed E-state index contributed by atoms with van der Waals surface area (Å²) in [7, 11) is 0. The predicted molar refractivity (Wildman–Crippen MR) is 228 cm³/mol. The van der Waals surface area contributed by atoms with Crippen LogP contribution in [0.15, 0.2) is 91.3 Å². The van der Waals surface area contributed by atoms with E-state index < -0.39 is 18.1 Å². The van der Waals surface area contributed by atoms with Crippen molar-refractivity contribution in [3.05, 3.63) is 130 Å². The summed E-state index contributed by atoms with van der Waals surface area (Å²) in [5.74, 6) is 0.517. The van der Waals surface area contributed by atoms with Crippen LogP contribution in [0.4, 0.5) is 0 Å². The minimum Gasteiger partial charge on any atom is -0.492 e. The van der Waals surface area contributed by atoms with Gasteiger partial charge in [0.25, 0.3) is 0 Å². The van der Waals surface area contributed by atoms with E-state index in [1.807, 2.05) is 24.3 Å². The van der Waals surface area contributed by atoms with Crippen molar-refractivity contribution in [2.24, 2.45) is 0 Å². The van der Waals surface area contributed by atoms with Gasteiger partial charge in [-0.25, -0.2) is 0 Å². The first kappa shape index (κ1) is 42.2. The van der Waals surface area contributed by atoms with Crippen LogP contribution in [0.5, 0.6) is 17.2 Å². The Balaban J connectivity index is 1.04. The Hall–Kier alpha value is -5.97. The fraction of sp³-hybridized carbons (Fsp3) is 0.319. The summed E-state index contributed by atoms with van der Waals surface area (Å²) in [6.45, 7) is 8.44. The van der Waals surface area contributed by atoms with Crippen LogP contribution >= 0.6 is 11.6 Å². The first-order valence-corrected chi connectivity index (χ1v) is 20.2. The van der Waals surface area contributed by atoms with E-state index in [2.05, 4.69) is 76.8 Å². The molecule has 4 aromatic carbocycles. The maximum absolute atomic E-state index is 11.9. The van der Waals surface area contributed by atoms with Crippen molar-refractivity contribution in [3.63, 3.8) is 0 Å². The smallest absolute Gasteiger partial charge is 0.326 e. The number of likely N-dealkylation sites (tertiary alicyclic amines) is 1. The number of hydrogen-bond acceptors (Lipinski definition) is 10. The molecule has 4 N–H and O–H groups in total. The van der Waals surface area contributed by atoms with E-state index in [0.717, 1.165) is 70.7 Å². The molecule has 12 nitrogen and oxygen atoms in total. The molecule has 5 aromatic rings. The van der Waals surface area contributed by atoms with Crippen molar-refractivity contribution >= 4 is 23.5 Å². The third kappa shape index (κ3) is 9.40. The number of benzene rings is 4. The van der Waals surface area contributed by atoms with Crippen LogP contribution in [0, 0.1) is 25.2 Å². The molecule has 0 saturated carbocycles. The number of aliphatic carboxylic acids is 1. The highest BCUT2D eigenvalue weighted by Crippen LogP contribution is 2.37. The number of aliphatic hydroxyl groups is 1. The second kappa shape index (κ2) is 18.1. The Kier molecular flexibility index (Phi) is 12.7. The van der Waals surface area contributed by atoms with E-state index in [0.29, 0.717) is 46.2 Å². The second-order valence-electron chi connectivity index (χ2n) is 15.8. The number of nitrogens with zero attached hydrogens (tertiary/aromatic N) is 3. The first-order valence-electron chi connectivity index (χ1n) is 19.9. The lowest BCUT2D eigenvalue weighted by atomic mass is 9.88. The van der Waals surface area contributed by atoms with Gasteiger partial charge in [0.1, 0.15) is 48.7 Å². The molecule has 0 aliphatic carbocycles. The van der Waals surface area contributed by atoms with Crippen molar-refractivity contribution in [3.8, 4) is 45.6 Å². The lowest BCUT2D eigenvalue weighted by Crippen LogP contribution is -2.67. The highest BCUT2D eigenvalue weighted by Gasteiger charge is 2.47. The summed E-state index contributed by atoms with van der Waals surface area (Å²) < 4.78 is 18.6. The standard InChI is InChI=1S/C47H48ClN5O7/c1-30-35(26-60-43-20-42(59-25-33-18-32(21-49)22-50-23-33)36(19-41(43)48)24-51-46(3,29-54)45(56)57)6-4-8-39(30)40-9-5-7-38(31(40)2)34-10-12-37(13-11-34)58-17-16-53-27-47(28-53)15-14-44(55)52-47/h4-13,18-20,22-23,51,54H,14-17,24-29H2,1-3H3,(H,52,55)(H,56,57). The number of nitriles is 1. The molecule has 310 valence electrons. The Morgan fingerprint density at radius 2 is 1.67 bits per heavy atom. The number of hydrogen-bond donors (Lipinski definition) is 4. The molecule has 2 fully saturated rings. The van der Waals surface area contributed by atoms with E-state index in [9.17, 15) is 25.1 Å². The highest BCUT2D eigenvalue weighted by molar-refractivity contribution is 6.32. The number of pyridine rings is 1. The minimum absolute atomic E-state index is 0.0214. The molecule has 7 rings (SSSR count). The highest BCUT2D eigenvalue weighted by atomic mass is 35.5. The van der Waals surface area contributed by atoms with Crippen LogP contribution in [-0.2, 0) is 29.3 Å². The number of carbonyl (C=O) groups is 2. The lowest BCUT2D eigenvalue weighted by molar-refractivity contribution is -0.146. The molecule has 1 aromatic heterocycles. The number of aliphatic hydroxyl groups excluding tert-OH is 1. The molecule has 1 amide bonds. The Labute approximate surface area is 354 Å². The molecule has 2 aliphatic heterocycles. The van der Waals surface area contributed by atoms with Gasteiger partial charge in [0.15, 0.2) is 0 Å². The van der Waals surface area contributed by atoms with Crippen molar-refractivity contribution < 1.29 is 34.0 Å². The fourth-order valence-electron chi connectivity index (χ4n) is 7.77. The van der Waals surface area contributed by atoms with Crippen LogP contribution in [0.3, 0.4) is 0 Å². The lowest BCUT2D eigenvalue weighted by Gasteiger charge is -2.47. The van der Waals surface area contributed by atoms with Gasteiger partial charge in [-0.1, -0.05) is 60.1 Å².